The van der Waals surface area contributed by atoms with Gasteiger partial charge in [0, 0.05) is 67.6 Å². The molecule has 1 aromatic heterocycles. The summed E-state index contributed by atoms with van der Waals surface area (Å²) in [4.78, 5) is 15.4. The molecule has 0 unspecified atom stereocenters. The molecule has 8 aromatic rings. The van der Waals surface area contributed by atoms with E-state index < -0.39 is 0 Å². The van der Waals surface area contributed by atoms with E-state index in [0.717, 1.165) is 83.9 Å². The zero-order chi connectivity index (χ0) is 38.4. The highest BCUT2D eigenvalue weighted by Crippen LogP contribution is 2.36. The molecule has 0 saturated carbocycles. The van der Waals surface area contributed by atoms with Crippen molar-refractivity contribution in [3.8, 4) is 78.7 Å². The third-order valence-corrected chi connectivity index (χ3v) is 9.99. The maximum Gasteiger partial charge on any atom is 0.164 e. The topological polar surface area (TPSA) is 86.8 Å². The van der Waals surface area contributed by atoms with Crippen LogP contribution >= 0.6 is 0 Å². The van der Waals surface area contributed by atoms with Gasteiger partial charge >= 0.3 is 0 Å². The Morgan fingerprint density at radius 1 is 0.250 bits per heavy atom. The van der Waals surface area contributed by atoms with Gasteiger partial charge in [0.15, 0.2) is 17.5 Å². The molecule has 0 bridgehead atoms. The van der Waals surface area contributed by atoms with Crippen LogP contribution in [0.2, 0.25) is 0 Å². The number of nitrogens with zero attached hydrogens (tertiary/aromatic N) is 3. The van der Waals surface area contributed by atoms with Crippen molar-refractivity contribution in [2.45, 2.75) is 0 Å². The smallest absolute Gasteiger partial charge is 0.164 e. The van der Waals surface area contributed by atoms with Gasteiger partial charge in [-0.3, -0.25) is 0 Å². The van der Waals surface area contributed by atoms with E-state index in [4.69, 9.17) is 15.0 Å². The van der Waals surface area contributed by atoms with E-state index in [-0.39, 0.29) is 0 Å². The Balaban J connectivity index is 1.25. The van der Waals surface area contributed by atoms with Crippen molar-refractivity contribution in [1.82, 2.24) is 15.0 Å². The zero-order valence-electron chi connectivity index (χ0n) is 31.9. The second-order valence-electron chi connectivity index (χ2n) is 13.6. The van der Waals surface area contributed by atoms with Crippen molar-refractivity contribution in [2.75, 3.05) is 49.5 Å². The highest BCUT2D eigenvalue weighted by Gasteiger charge is 2.16. The van der Waals surface area contributed by atoms with E-state index in [2.05, 4.69) is 155 Å². The Morgan fingerprint density at radius 2 is 0.536 bits per heavy atom. The Labute approximate surface area is 328 Å². The van der Waals surface area contributed by atoms with Crippen LogP contribution in [0.4, 0.5) is 22.7 Å². The van der Waals surface area contributed by atoms with Gasteiger partial charge in [-0.15, -0.1) is 0 Å². The molecule has 0 aliphatic carbocycles. The first kappa shape index (κ1) is 35.8. The maximum absolute atomic E-state index is 5.20. The van der Waals surface area contributed by atoms with Crippen LogP contribution in [0.1, 0.15) is 0 Å². The molecule has 4 N–H and O–H groups in total. The van der Waals surface area contributed by atoms with Gasteiger partial charge in [0.25, 0.3) is 0 Å². The van der Waals surface area contributed by atoms with Crippen LogP contribution < -0.4 is 21.3 Å². The van der Waals surface area contributed by atoms with Crippen LogP contribution in [-0.2, 0) is 0 Å². The summed E-state index contributed by atoms with van der Waals surface area (Å²) in [6.07, 6.45) is 0. The van der Waals surface area contributed by atoms with E-state index in [0.29, 0.717) is 17.5 Å². The summed E-state index contributed by atoms with van der Waals surface area (Å²) in [6.45, 7) is 0. The fourth-order valence-corrected chi connectivity index (χ4v) is 6.95. The zero-order valence-corrected chi connectivity index (χ0v) is 31.9. The number of hydrogen-bond donors (Lipinski definition) is 4. The van der Waals surface area contributed by atoms with E-state index >= 15 is 0 Å². The van der Waals surface area contributed by atoms with Gasteiger partial charge < -0.3 is 21.3 Å². The molecule has 8 rings (SSSR count). The minimum Gasteiger partial charge on any atom is -0.388 e. The quantitative estimate of drug-likeness (QED) is 0.105. The molecule has 1 heterocycles. The van der Waals surface area contributed by atoms with E-state index in [1.165, 1.54) is 0 Å². The maximum atomic E-state index is 5.20. The number of nitrogens with one attached hydrogen (secondary N) is 4. The molecule has 274 valence electrons. The van der Waals surface area contributed by atoms with Gasteiger partial charge in [-0.2, -0.15) is 0 Å². The fraction of sp³-hybridized carbons (Fsp3) is 0.0816. The van der Waals surface area contributed by atoms with Crippen molar-refractivity contribution in [1.29, 1.82) is 0 Å². The molecular weight excluding hydrogens is 687 g/mol. The third-order valence-electron chi connectivity index (χ3n) is 9.99. The molecule has 0 saturated heterocycles. The average molecular weight is 730 g/mol. The summed E-state index contributed by atoms with van der Waals surface area (Å²) in [5, 5.41) is 13.3. The second kappa shape index (κ2) is 16.0. The van der Waals surface area contributed by atoms with Crippen LogP contribution in [0.5, 0.6) is 0 Å². The fourth-order valence-electron chi connectivity index (χ4n) is 6.95. The van der Waals surface area contributed by atoms with E-state index in [1.807, 2.05) is 58.5 Å². The lowest BCUT2D eigenvalue weighted by Gasteiger charge is -2.14. The van der Waals surface area contributed by atoms with E-state index in [9.17, 15) is 0 Å². The molecule has 7 nitrogen and oxygen atoms in total. The summed E-state index contributed by atoms with van der Waals surface area (Å²) < 4.78 is 0. The molecular formula is C49H43N7. The summed E-state index contributed by atoms with van der Waals surface area (Å²) in [6, 6.07) is 57.2. The number of rotatable bonds is 11. The Hall–Kier alpha value is -7.25. The number of anilines is 4. The first-order valence-corrected chi connectivity index (χ1v) is 18.8. The van der Waals surface area contributed by atoms with Crippen molar-refractivity contribution in [3.63, 3.8) is 0 Å². The molecule has 56 heavy (non-hydrogen) atoms. The SMILES string of the molecule is CNc1cccc(-c2cccc(-c3cc(NC)cc(-c4nc(-c5ccccc5)nc(-c5cc(NC)cc(-c6cccc(-c7cccc(NC)c7)c6)c5)n4)c3)c2)c1. The summed E-state index contributed by atoms with van der Waals surface area (Å²) in [7, 11) is 7.76. The molecule has 0 fully saturated rings. The molecule has 0 aliphatic rings. The van der Waals surface area contributed by atoms with Gasteiger partial charge in [-0.05, 0) is 117 Å². The van der Waals surface area contributed by atoms with E-state index in [1.54, 1.807) is 0 Å². The largest absolute Gasteiger partial charge is 0.388 e. The second-order valence-corrected chi connectivity index (χ2v) is 13.6. The lowest BCUT2D eigenvalue weighted by molar-refractivity contribution is 1.07. The van der Waals surface area contributed by atoms with Gasteiger partial charge in [0.05, 0.1) is 0 Å². The molecule has 0 amide bonds. The lowest BCUT2D eigenvalue weighted by Crippen LogP contribution is -2.01. The standard InChI is InChI=1S/C49H43N7/c1-50-43-20-10-18-37(26-43)33-14-8-16-35(22-33)39-24-41(30-45(28-39)52-3)48-54-47(32-12-6-5-7-13-32)55-49(56-48)42-25-40(29-46(31-42)53-4)36-17-9-15-34(23-36)38-19-11-21-44(27-38)51-2/h5-31,50-53H,1-4H3. The van der Waals surface area contributed by atoms with Crippen LogP contribution in [0, 0.1) is 0 Å². The molecule has 0 aliphatic heterocycles. The highest BCUT2D eigenvalue weighted by atomic mass is 15.0. The van der Waals surface area contributed by atoms with Gasteiger partial charge in [0.2, 0.25) is 0 Å². The number of hydrogen-bond acceptors (Lipinski definition) is 7. The summed E-state index contributed by atoms with van der Waals surface area (Å²) in [5.41, 5.74) is 15.6. The number of aromatic nitrogens is 3. The predicted molar refractivity (Wildman–Crippen MR) is 236 cm³/mol. The summed E-state index contributed by atoms with van der Waals surface area (Å²) in [5.74, 6) is 1.79. The Bertz CT molecular complexity index is 2490. The van der Waals surface area contributed by atoms with Crippen molar-refractivity contribution < 1.29 is 0 Å². The Kier molecular flexibility index (Phi) is 10.2. The van der Waals surface area contributed by atoms with Crippen LogP contribution in [0.3, 0.4) is 0 Å². The molecule has 0 radical (unpaired) electrons. The minimum absolute atomic E-state index is 0.591. The van der Waals surface area contributed by atoms with Crippen molar-refractivity contribution in [3.05, 3.63) is 164 Å². The normalized spacial score (nSPS) is 10.9. The first-order chi connectivity index (χ1) is 27.5. The van der Waals surface area contributed by atoms with Crippen LogP contribution in [0.15, 0.2) is 164 Å². The molecule has 0 spiro atoms. The van der Waals surface area contributed by atoms with Crippen LogP contribution in [-0.4, -0.2) is 43.1 Å². The first-order valence-electron chi connectivity index (χ1n) is 18.8. The third kappa shape index (κ3) is 7.70. The molecule has 0 atom stereocenters. The number of benzene rings is 7. The van der Waals surface area contributed by atoms with Gasteiger partial charge in [-0.25, -0.2) is 15.0 Å². The van der Waals surface area contributed by atoms with Crippen LogP contribution in [0.25, 0.3) is 78.7 Å². The Morgan fingerprint density at radius 3 is 0.946 bits per heavy atom. The average Bonchev–Trinajstić information content (AvgIpc) is 3.28. The van der Waals surface area contributed by atoms with Crippen molar-refractivity contribution >= 4 is 22.7 Å². The van der Waals surface area contributed by atoms with Gasteiger partial charge in [-0.1, -0.05) is 91.0 Å². The molecule has 7 heteroatoms. The highest BCUT2D eigenvalue weighted by molar-refractivity contribution is 5.83. The van der Waals surface area contributed by atoms with Gasteiger partial charge in [0.1, 0.15) is 0 Å². The molecule has 7 aromatic carbocycles. The lowest BCUT2D eigenvalue weighted by atomic mass is 9.96. The van der Waals surface area contributed by atoms with Crippen molar-refractivity contribution in [2.24, 2.45) is 0 Å². The predicted octanol–water partition coefficient (Wildman–Crippen LogP) is 11.7. The summed E-state index contributed by atoms with van der Waals surface area (Å²) >= 11 is 0. The monoisotopic (exact) mass is 729 g/mol. The minimum atomic E-state index is 0.591.